The summed E-state index contributed by atoms with van der Waals surface area (Å²) < 4.78 is 6.15. The molecule has 0 fully saturated rings. The zero-order chi connectivity index (χ0) is 11.5. The van der Waals surface area contributed by atoms with Gasteiger partial charge in [0.15, 0.2) is 5.78 Å². The number of carbonyl (C=O) groups is 1. The largest absolute Gasteiger partial charge is 0.496 e. The third-order valence-electron chi connectivity index (χ3n) is 2.74. The summed E-state index contributed by atoms with van der Waals surface area (Å²) in [5.74, 6) is 0.731. The molecule has 1 aromatic carbocycles. The third-order valence-corrected chi connectivity index (χ3v) is 3.23. The second kappa shape index (κ2) is 4.83. The van der Waals surface area contributed by atoms with Gasteiger partial charge in [0, 0.05) is 4.47 Å². The highest BCUT2D eigenvalue weighted by Gasteiger charge is 2.18. The third kappa shape index (κ3) is 2.19. The van der Waals surface area contributed by atoms with Crippen LogP contribution in [0.4, 0.5) is 0 Å². The Morgan fingerprint density at radius 2 is 2.25 bits per heavy atom. The summed E-state index contributed by atoms with van der Waals surface area (Å²) in [6, 6.07) is 5.50. The number of hydrogen-bond donors (Lipinski definition) is 0. The fourth-order valence-electron chi connectivity index (χ4n) is 1.90. The van der Waals surface area contributed by atoms with Gasteiger partial charge in [-0.1, -0.05) is 22.0 Å². The lowest BCUT2D eigenvalue weighted by Gasteiger charge is -2.08. The summed E-state index contributed by atoms with van der Waals surface area (Å²) in [5, 5.41) is 0. The Balaban J connectivity index is 2.35. The van der Waals surface area contributed by atoms with Crippen molar-refractivity contribution >= 4 is 21.7 Å². The molecule has 0 saturated heterocycles. The summed E-state index contributed by atoms with van der Waals surface area (Å²) in [7, 11) is 1.58. The first-order chi connectivity index (χ1) is 7.72. The number of halogens is 1. The number of Topliss-reactive ketones (excluding diaryl/α,β-unsaturated/α-hetero) is 1. The standard InChI is InChI=1S/C13H13BrO2/c1-16-12-8-10(14)6-7-11(12)13(15)9-4-2-3-5-9/h4,6-8H,2-3,5H2,1H3. The predicted molar refractivity (Wildman–Crippen MR) is 67.0 cm³/mol. The molecule has 0 amide bonds. The number of hydrogen-bond acceptors (Lipinski definition) is 2. The Kier molecular flexibility index (Phi) is 3.44. The second-order valence-corrected chi connectivity index (χ2v) is 4.71. The molecule has 0 bridgehead atoms. The molecule has 0 N–H and O–H groups in total. The van der Waals surface area contributed by atoms with E-state index in [0.717, 1.165) is 29.3 Å². The number of rotatable bonds is 3. The Morgan fingerprint density at radius 3 is 2.88 bits per heavy atom. The molecule has 1 aromatic rings. The smallest absolute Gasteiger partial charge is 0.192 e. The Morgan fingerprint density at radius 1 is 1.44 bits per heavy atom. The second-order valence-electron chi connectivity index (χ2n) is 3.80. The lowest BCUT2D eigenvalue weighted by atomic mass is 10.0. The number of benzene rings is 1. The molecule has 2 rings (SSSR count). The van der Waals surface area contributed by atoms with Crippen LogP contribution in [0.3, 0.4) is 0 Å². The Bertz CT molecular complexity index is 449. The zero-order valence-corrected chi connectivity index (χ0v) is 10.7. The topological polar surface area (TPSA) is 26.3 Å². The number of allylic oxidation sites excluding steroid dienone is 2. The lowest BCUT2D eigenvalue weighted by molar-refractivity contribution is 0.102. The maximum absolute atomic E-state index is 12.2. The van der Waals surface area contributed by atoms with E-state index in [4.69, 9.17) is 4.74 Å². The molecule has 16 heavy (non-hydrogen) atoms. The first-order valence-electron chi connectivity index (χ1n) is 5.29. The number of carbonyl (C=O) groups excluding carboxylic acids is 1. The van der Waals surface area contributed by atoms with Crippen molar-refractivity contribution in [2.75, 3.05) is 7.11 Å². The van der Waals surface area contributed by atoms with Crippen LogP contribution in [0, 0.1) is 0 Å². The van der Waals surface area contributed by atoms with Gasteiger partial charge in [0.25, 0.3) is 0 Å². The van der Waals surface area contributed by atoms with Crippen LogP contribution in [0.2, 0.25) is 0 Å². The van der Waals surface area contributed by atoms with Crippen molar-refractivity contribution in [3.63, 3.8) is 0 Å². The van der Waals surface area contributed by atoms with E-state index >= 15 is 0 Å². The van der Waals surface area contributed by atoms with Crippen LogP contribution in [0.1, 0.15) is 29.6 Å². The molecule has 1 aliphatic rings. The minimum absolute atomic E-state index is 0.0989. The molecule has 0 atom stereocenters. The van der Waals surface area contributed by atoms with Gasteiger partial charge in [-0.3, -0.25) is 4.79 Å². The molecule has 0 heterocycles. The molecule has 0 spiro atoms. The van der Waals surface area contributed by atoms with Crippen molar-refractivity contribution in [3.05, 3.63) is 39.9 Å². The number of ether oxygens (including phenoxy) is 1. The normalized spacial score (nSPS) is 14.8. The molecule has 0 aliphatic heterocycles. The highest BCUT2D eigenvalue weighted by Crippen LogP contribution is 2.29. The average Bonchev–Trinajstić information content (AvgIpc) is 2.81. The molecule has 0 radical (unpaired) electrons. The van der Waals surface area contributed by atoms with Gasteiger partial charge >= 0.3 is 0 Å². The van der Waals surface area contributed by atoms with Gasteiger partial charge in [-0.2, -0.15) is 0 Å². The first-order valence-corrected chi connectivity index (χ1v) is 6.09. The highest BCUT2D eigenvalue weighted by molar-refractivity contribution is 9.10. The van der Waals surface area contributed by atoms with E-state index in [1.807, 2.05) is 24.3 Å². The fourth-order valence-corrected chi connectivity index (χ4v) is 2.24. The van der Waals surface area contributed by atoms with Crippen LogP contribution in [0.15, 0.2) is 34.3 Å². The molecule has 0 unspecified atom stereocenters. The van der Waals surface area contributed by atoms with Gasteiger partial charge in [0.05, 0.1) is 12.7 Å². The van der Waals surface area contributed by atoms with Crippen LogP contribution < -0.4 is 4.74 Å². The van der Waals surface area contributed by atoms with Crippen molar-refractivity contribution in [1.29, 1.82) is 0 Å². The fraction of sp³-hybridized carbons (Fsp3) is 0.308. The quantitative estimate of drug-likeness (QED) is 0.789. The lowest BCUT2D eigenvalue weighted by Crippen LogP contribution is -2.04. The number of ketones is 1. The molecule has 84 valence electrons. The minimum atomic E-state index is 0.0989. The maximum Gasteiger partial charge on any atom is 0.192 e. The van der Waals surface area contributed by atoms with Crippen LogP contribution in [0.5, 0.6) is 5.75 Å². The molecule has 3 heteroatoms. The number of methoxy groups -OCH3 is 1. The van der Waals surface area contributed by atoms with Gasteiger partial charge < -0.3 is 4.74 Å². The molecular weight excluding hydrogens is 268 g/mol. The van der Waals surface area contributed by atoms with Crippen molar-refractivity contribution in [3.8, 4) is 5.75 Å². The molecule has 2 nitrogen and oxygen atoms in total. The zero-order valence-electron chi connectivity index (χ0n) is 9.13. The summed E-state index contributed by atoms with van der Waals surface area (Å²) in [6.07, 6.45) is 5.02. The summed E-state index contributed by atoms with van der Waals surface area (Å²) in [5.41, 5.74) is 1.57. The SMILES string of the molecule is COc1cc(Br)ccc1C(=O)C1=CCCC1. The summed E-state index contributed by atoms with van der Waals surface area (Å²) in [6.45, 7) is 0. The van der Waals surface area contributed by atoms with E-state index in [9.17, 15) is 4.79 Å². The molecule has 1 aliphatic carbocycles. The monoisotopic (exact) mass is 280 g/mol. The Hall–Kier alpha value is -1.09. The maximum atomic E-state index is 12.2. The molecular formula is C13H13BrO2. The Labute approximate surface area is 103 Å². The van der Waals surface area contributed by atoms with E-state index in [2.05, 4.69) is 15.9 Å². The van der Waals surface area contributed by atoms with Crippen molar-refractivity contribution in [2.45, 2.75) is 19.3 Å². The van der Waals surface area contributed by atoms with E-state index in [-0.39, 0.29) is 5.78 Å². The van der Waals surface area contributed by atoms with E-state index in [1.54, 1.807) is 7.11 Å². The van der Waals surface area contributed by atoms with Crippen LogP contribution in [0.25, 0.3) is 0 Å². The van der Waals surface area contributed by atoms with Crippen LogP contribution in [-0.2, 0) is 0 Å². The van der Waals surface area contributed by atoms with Gasteiger partial charge in [-0.15, -0.1) is 0 Å². The van der Waals surface area contributed by atoms with Crippen LogP contribution >= 0.6 is 15.9 Å². The van der Waals surface area contributed by atoms with Gasteiger partial charge in [0.1, 0.15) is 5.75 Å². The van der Waals surface area contributed by atoms with Crippen molar-refractivity contribution < 1.29 is 9.53 Å². The molecule has 0 saturated carbocycles. The summed E-state index contributed by atoms with van der Waals surface area (Å²) >= 11 is 3.36. The summed E-state index contributed by atoms with van der Waals surface area (Å²) in [4.78, 5) is 12.2. The molecule has 0 aromatic heterocycles. The first kappa shape index (κ1) is 11.4. The average molecular weight is 281 g/mol. The van der Waals surface area contributed by atoms with Crippen molar-refractivity contribution in [2.24, 2.45) is 0 Å². The van der Waals surface area contributed by atoms with Gasteiger partial charge in [-0.05, 0) is 43.0 Å². The minimum Gasteiger partial charge on any atom is -0.496 e. The predicted octanol–water partition coefficient (Wildman–Crippen LogP) is 3.75. The van der Waals surface area contributed by atoms with E-state index < -0.39 is 0 Å². The van der Waals surface area contributed by atoms with Crippen molar-refractivity contribution in [1.82, 2.24) is 0 Å². The van der Waals surface area contributed by atoms with E-state index in [0.29, 0.717) is 11.3 Å². The van der Waals surface area contributed by atoms with E-state index in [1.165, 1.54) is 0 Å². The highest BCUT2D eigenvalue weighted by atomic mass is 79.9. The van der Waals surface area contributed by atoms with Gasteiger partial charge in [-0.25, -0.2) is 0 Å². The van der Waals surface area contributed by atoms with Gasteiger partial charge in [0.2, 0.25) is 0 Å². The van der Waals surface area contributed by atoms with Crippen LogP contribution in [-0.4, -0.2) is 12.9 Å².